The van der Waals surface area contributed by atoms with E-state index in [2.05, 4.69) is 4.98 Å². The zero-order valence-corrected chi connectivity index (χ0v) is 14.2. The summed E-state index contributed by atoms with van der Waals surface area (Å²) in [5.41, 5.74) is 0.559. The lowest BCUT2D eigenvalue weighted by molar-refractivity contribution is -0.202. The first kappa shape index (κ1) is 17.6. The van der Waals surface area contributed by atoms with E-state index in [1.54, 1.807) is 19.2 Å². The molecular formula is C18H22N2O5. The Labute approximate surface area is 145 Å². The Balaban J connectivity index is 1.73. The van der Waals surface area contributed by atoms with Crippen molar-refractivity contribution in [3.8, 4) is 5.88 Å². The van der Waals surface area contributed by atoms with Crippen molar-refractivity contribution >= 4 is 0 Å². The predicted octanol–water partition coefficient (Wildman–Crippen LogP) is 1.51. The lowest BCUT2D eigenvalue weighted by atomic mass is 10.0. The van der Waals surface area contributed by atoms with Gasteiger partial charge in [0, 0.05) is 18.7 Å². The molecule has 3 rings (SSSR count). The van der Waals surface area contributed by atoms with Crippen molar-refractivity contribution in [2.24, 2.45) is 0 Å². The second kappa shape index (κ2) is 7.77. The van der Waals surface area contributed by atoms with Crippen LogP contribution < -0.4 is 10.4 Å². The average molecular weight is 346 g/mol. The van der Waals surface area contributed by atoms with Gasteiger partial charge in [0.05, 0.1) is 25.9 Å². The van der Waals surface area contributed by atoms with E-state index in [-0.39, 0.29) is 5.88 Å². The zero-order chi connectivity index (χ0) is 17.8. The number of hydrogen-bond donors (Lipinski definition) is 1. The summed E-state index contributed by atoms with van der Waals surface area (Å²) in [5, 5.41) is 10.4. The molecule has 7 nitrogen and oxygen atoms in total. The maximum absolute atomic E-state index is 12.2. The number of nitrogens with zero attached hydrogens (tertiary/aromatic N) is 2. The predicted molar refractivity (Wildman–Crippen MR) is 90.3 cm³/mol. The molecular weight excluding hydrogens is 324 g/mol. The molecule has 0 radical (unpaired) electrons. The molecule has 7 heteroatoms. The second-order valence-corrected chi connectivity index (χ2v) is 6.02. The van der Waals surface area contributed by atoms with Crippen LogP contribution in [0.2, 0.25) is 0 Å². The molecule has 4 atom stereocenters. The summed E-state index contributed by atoms with van der Waals surface area (Å²) >= 11 is 0. The Bertz CT molecular complexity index is 749. The van der Waals surface area contributed by atoms with Gasteiger partial charge < -0.3 is 19.3 Å². The van der Waals surface area contributed by atoms with Crippen molar-refractivity contribution < 1.29 is 19.3 Å². The number of methoxy groups -OCH3 is 1. The minimum Gasteiger partial charge on any atom is -0.481 e. The summed E-state index contributed by atoms with van der Waals surface area (Å²) in [6.45, 7) is 2.15. The maximum Gasteiger partial charge on any atom is 0.352 e. The fraction of sp³-hybridized carbons (Fsp3) is 0.444. The Kier molecular flexibility index (Phi) is 5.47. The highest BCUT2D eigenvalue weighted by Crippen LogP contribution is 2.29. The van der Waals surface area contributed by atoms with Crippen LogP contribution in [0.25, 0.3) is 0 Å². The molecule has 1 aromatic heterocycles. The molecule has 0 amide bonds. The van der Waals surface area contributed by atoms with Gasteiger partial charge in [0.2, 0.25) is 5.88 Å². The fourth-order valence-corrected chi connectivity index (χ4v) is 2.88. The summed E-state index contributed by atoms with van der Waals surface area (Å²) in [4.78, 5) is 16.0. The standard InChI is InChI=1S/C18H22N2O5/c1-12-17(21)14(24-11-13-6-4-3-5-7-13)10-16(25-12)20-9-8-15(23-2)19-18(20)22/h3-9,12,14,16-17,21H,10-11H2,1-2H3/t12-,14-,16-,17-/m1/s1. The molecule has 1 aliphatic heterocycles. The number of aromatic nitrogens is 2. The highest BCUT2D eigenvalue weighted by atomic mass is 16.5. The lowest BCUT2D eigenvalue weighted by Crippen LogP contribution is -2.48. The van der Waals surface area contributed by atoms with Crippen LogP contribution in [0.1, 0.15) is 25.1 Å². The third-order valence-electron chi connectivity index (χ3n) is 4.30. The number of rotatable bonds is 5. The first-order valence-corrected chi connectivity index (χ1v) is 8.20. The van der Waals surface area contributed by atoms with Crippen LogP contribution in [0.15, 0.2) is 47.4 Å². The highest BCUT2D eigenvalue weighted by Gasteiger charge is 2.37. The number of hydrogen-bond acceptors (Lipinski definition) is 6. The van der Waals surface area contributed by atoms with Crippen LogP contribution in [0.4, 0.5) is 0 Å². The molecule has 1 fully saturated rings. The van der Waals surface area contributed by atoms with E-state index in [0.29, 0.717) is 13.0 Å². The van der Waals surface area contributed by atoms with Gasteiger partial charge in [0.15, 0.2) is 0 Å². The van der Waals surface area contributed by atoms with Crippen molar-refractivity contribution in [3.63, 3.8) is 0 Å². The van der Waals surface area contributed by atoms with Gasteiger partial charge in [-0.3, -0.25) is 4.57 Å². The molecule has 0 aliphatic carbocycles. The van der Waals surface area contributed by atoms with E-state index in [0.717, 1.165) is 5.56 Å². The minimum atomic E-state index is -0.762. The zero-order valence-electron chi connectivity index (χ0n) is 14.2. The van der Waals surface area contributed by atoms with Crippen LogP contribution in [-0.4, -0.2) is 40.1 Å². The monoisotopic (exact) mass is 346 g/mol. The van der Waals surface area contributed by atoms with Gasteiger partial charge in [-0.2, -0.15) is 4.98 Å². The first-order valence-electron chi connectivity index (χ1n) is 8.20. The largest absolute Gasteiger partial charge is 0.481 e. The van der Waals surface area contributed by atoms with Crippen LogP contribution in [0.5, 0.6) is 5.88 Å². The van der Waals surface area contributed by atoms with Crippen molar-refractivity contribution in [2.45, 2.75) is 44.5 Å². The van der Waals surface area contributed by atoms with E-state index in [1.807, 2.05) is 30.3 Å². The van der Waals surface area contributed by atoms with Crippen molar-refractivity contribution in [3.05, 3.63) is 58.6 Å². The molecule has 1 saturated heterocycles. The molecule has 25 heavy (non-hydrogen) atoms. The van der Waals surface area contributed by atoms with E-state index in [9.17, 15) is 9.90 Å². The summed E-state index contributed by atoms with van der Waals surface area (Å²) in [7, 11) is 1.45. The molecule has 0 unspecified atom stereocenters. The van der Waals surface area contributed by atoms with Gasteiger partial charge in [-0.15, -0.1) is 0 Å². The summed E-state index contributed by atoms with van der Waals surface area (Å²) in [6, 6.07) is 11.3. The van der Waals surface area contributed by atoms with E-state index in [4.69, 9.17) is 14.2 Å². The third-order valence-corrected chi connectivity index (χ3v) is 4.30. The van der Waals surface area contributed by atoms with Gasteiger partial charge in [0.25, 0.3) is 0 Å². The molecule has 1 aromatic carbocycles. The highest BCUT2D eigenvalue weighted by molar-refractivity contribution is 5.13. The van der Waals surface area contributed by atoms with Crippen molar-refractivity contribution in [2.75, 3.05) is 7.11 Å². The molecule has 2 heterocycles. The Morgan fingerprint density at radius 1 is 1.32 bits per heavy atom. The normalized spacial score (nSPS) is 26.4. The van der Waals surface area contributed by atoms with Crippen LogP contribution in [0.3, 0.4) is 0 Å². The summed E-state index contributed by atoms with van der Waals surface area (Å²) in [5.74, 6) is 0.252. The topological polar surface area (TPSA) is 82.8 Å². The Hall–Kier alpha value is -2.22. The number of aliphatic hydroxyl groups is 1. The second-order valence-electron chi connectivity index (χ2n) is 6.02. The summed E-state index contributed by atoms with van der Waals surface area (Å²) < 4.78 is 18.0. The SMILES string of the molecule is COc1ccn([C@H]2C[C@@H](OCc3ccccc3)[C@H](O)[C@@H](C)O2)c(=O)n1. The Morgan fingerprint density at radius 3 is 2.76 bits per heavy atom. The van der Waals surface area contributed by atoms with Crippen LogP contribution >= 0.6 is 0 Å². The molecule has 134 valence electrons. The molecule has 1 aliphatic rings. The maximum atomic E-state index is 12.2. The van der Waals surface area contributed by atoms with Crippen molar-refractivity contribution in [1.29, 1.82) is 0 Å². The summed E-state index contributed by atoms with van der Waals surface area (Å²) in [6.07, 6.45) is -0.285. The number of aliphatic hydroxyl groups excluding tert-OH is 1. The molecule has 2 aromatic rings. The Morgan fingerprint density at radius 2 is 2.08 bits per heavy atom. The lowest BCUT2D eigenvalue weighted by Gasteiger charge is -2.38. The van der Waals surface area contributed by atoms with Crippen LogP contribution in [-0.2, 0) is 16.1 Å². The van der Waals surface area contributed by atoms with E-state index >= 15 is 0 Å². The van der Waals surface area contributed by atoms with Gasteiger partial charge in [0.1, 0.15) is 12.3 Å². The quantitative estimate of drug-likeness (QED) is 0.884. The third kappa shape index (κ3) is 4.07. The molecule has 1 N–H and O–H groups in total. The van der Waals surface area contributed by atoms with Gasteiger partial charge >= 0.3 is 5.69 Å². The van der Waals surface area contributed by atoms with E-state index < -0.39 is 30.2 Å². The molecule has 0 spiro atoms. The van der Waals surface area contributed by atoms with Gasteiger partial charge in [-0.05, 0) is 12.5 Å². The molecule has 0 saturated carbocycles. The minimum absolute atomic E-state index is 0.252. The fourth-order valence-electron chi connectivity index (χ4n) is 2.88. The van der Waals surface area contributed by atoms with Crippen molar-refractivity contribution in [1.82, 2.24) is 9.55 Å². The molecule has 0 bridgehead atoms. The van der Waals surface area contributed by atoms with Crippen LogP contribution in [0, 0.1) is 0 Å². The van der Waals surface area contributed by atoms with Gasteiger partial charge in [-0.25, -0.2) is 4.79 Å². The number of ether oxygens (including phenoxy) is 3. The van der Waals surface area contributed by atoms with Gasteiger partial charge in [-0.1, -0.05) is 30.3 Å². The first-order chi connectivity index (χ1) is 12.1. The van der Waals surface area contributed by atoms with E-state index in [1.165, 1.54) is 11.7 Å². The smallest absolute Gasteiger partial charge is 0.352 e. The number of benzene rings is 1. The average Bonchev–Trinajstić information content (AvgIpc) is 2.63.